The molecule has 0 heterocycles. The average Bonchev–Trinajstić information content (AvgIpc) is 2.12. The van der Waals surface area contributed by atoms with Gasteiger partial charge in [-0.1, -0.05) is 26.7 Å². The lowest BCUT2D eigenvalue weighted by atomic mass is 9.87. The van der Waals surface area contributed by atoms with Crippen molar-refractivity contribution in [2.24, 2.45) is 0 Å². The molecule has 0 aromatic carbocycles. The third-order valence-corrected chi connectivity index (χ3v) is 3.29. The average molecular weight is 187 g/mol. The smallest absolute Gasteiger partial charge is 0.0720 e. The second-order valence-electron chi connectivity index (χ2n) is 4.26. The Bertz CT molecular complexity index is 136. The molecule has 0 aliphatic carbocycles. The standard InChI is InChI=1S/C11H25NO/c1-6-8-9-10(13)11(3,7-2)12(4)5/h10,13H,6-9H2,1-5H3. The van der Waals surface area contributed by atoms with Crippen molar-refractivity contribution in [3.05, 3.63) is 0 Å². The third kappa shape index (κ3) is 3.28. The van der Waals surface area contributed by atoms with E-state index >= 15 is 0 Å². The summed E-state index contributed by atoms with van der Waals surface area (Å²) in [5.41, 5.74) is -0.0603. The Kier molecular flexibility index (Phi) is 5.57. The number of nitrogens with zero attached hydrogens (tertiary/aromatic N) is 1. The van der Waals surface area contributed by atoms with E-state index in [1.807, 2.05) is 14.1 Å². The van der Waals surface area contributed by atoms with E-state index in [2.05, 4.69) is 25.7 Å². The van der Waals surface area contributed by atoms with Crippen LogP contribution in [0.25, 0.3) is 0 Å². The number of aliphatic hydroxyl groups is 1. The second kappa shape index (κ2) is 5.61. The van der Waals surface area contributed by atoms with Gasteiger partial charge in [0, 0.05) is 5.54 Å². The third-order valence-electron chi connectivity index (χ3n) is 3.29. The number of hydrogen-bond donors (Lipinski definition) is 1. The predicted octanol–water partition coefficient (Wildman–Crippen LogP) is 2.27. The predicted molar refractivity (Wildman–Crippen MR) is 57.9 cm³/mol. The van der Waals surface area contributed by atoms with E-state index in [0.29, 0.717) is 0 Å². The van der Waals surface area contributed by atoms with Crippen LogP contribution in [0.2, 0.25) is 0 Å². The van der Waals surface area contributed by atoms with Crippen LogP contribution in [0.4, 0.5) is 0 Å². The van der Waals surface area contributed by atoms with E-state index in [0.717, 1.165) is 25.7 Å². The zero-order chi connectivity index (χ0) is 10.5. The van der Waals surface area contributed by atoms with E-state index in [1.165, 1.54) is 0 Å². The summed E-state index contributed by atoms with van der Waals surface area (Å²) in [6.45, 7) is 6.42. The van der Waals surface area contributed by atoms with Gasteiger partial charge in [-0.3, -0.25) is 0 Å². The highest BCUT2D eigenvalue weighted by Gasteiger charge is 2.32. The Balaban J connectivity index is 4.20. The zero-order valence-electron chi connectivity index (χ0n) is 9.80. The molecule has 2 atom stereocenters. The Morgan fingerprint density at radius 3 is 2.15 bits per heavy atom. The highest BCUT2D eigenvalue weighted by atomic mass is 16.3. The van der Waals surface area contributed by atoms with Gasteiger partial charge in [0.1, 0.15) is 0 Å². The molecule has 0 radical (unpaired) electrons. The molecule has 0 aromatic heterocycles. The summed E-state index contributed by atoms with van der Waals surface area (Å²) in [5.74, 6) is 0. The van der Waals surface area contributed by atoms with Crippen LogP contribution < -0.4 is 0 Å². The van der Waals surface area contributed by atoms with E-state index < -0.39 is 0 Å². The molecule has 80 valence electrons. The molecule has 0 spiro atoms. The lowest BCUT2D eigenvalue weighted by molar-refractivity contribution is -0.00353. The van der Waals surface area contributed by atoms with Crippen molar-refractivity contribution < 1.29 is 5.11 Å². The SMILES string of the molecule is CCCCC(O)C(C)(CC)N(C)C. The monoisotopic (exact) mass is 187 g/mol. The maximum atomic E-state index is 10.0. The minimum atomic E-state index is -0.201. The molecule has 13 heavy (non-hydrogen) atoms. The molecule has 0 amide bonds. The summed E-state index contributed by atoms with van der Waals surface area (Å²) in [7, 11) is 4.08. The topological polar surface area (TPSA) is 23.5 Å². The normalized spacial score (nSPS) is 18.7. The molecule has 0 saturated heterocycles. The van der Waals surface area contributed by atoms with E-state index in [1.54, 1.807) is 0 Å². The van der Waals surface area contributed by atoms with Crippen molar-refractivity contribution in [3.63, 3.8) is 0 Å². The van der Waals surface area contributed by atoms with Gasteiger partial charge >= 0.3 is 0 Å². The van der Waals surface area contributed by atoms with Gasteiger partial charge in [0.25, 0.3) is 0 Å². The summed E-state index contributed by atoms with van der Waals surface area (Å²) in [6, 6.07) is 0. The van der Waals surface area contributed by atoms with Gasteiger partial charge in [-0.15, -0.1) is 0 Å². The van der Waals surface area contributed by atoms with Gasteiger partial charge in [0.2, 0.25) is 0 Å². The van der Waals surface area contributed by atoms with Crippen LogP contribution in [-0.2, 0) is 0 Å². The fraction of sp³-hybridized carbons (Fsp3) is 1.00. The van der Waals surface area contributed by atoms with Gasteiger partial charge in [0.05, 0.1) is 6.10 Å². The summed E-state index contributed by atoms with van der Waals surface area (Å²) in [6.07, 6.45) is 3.98. The van der Waals surface area contributed by atoms with E-state index in [4.69, 9.17) is 0 Å². The van der Waals surface area contributed by atoms with Crippen molar-refractivity contribution in [3.8, 4) is 0 Å². The first kappa shape index (κ1) is 12.9. The highest BCUT2D eigenvalue weighted by molar-refractivity contribution is 4.88. The zero-order valence-corrected chi connectivity index (χ0v) is 9.80. The number of unbranched alkanes of at least 4 members (excludes halogenated alkanes) is 1. The van der Waals surface area contributed by atoms with Crippen molar-refractivity contribution in [1.82, 2.24) is 4.90 Å². The van der Waals surface area contributed by atoms with Crippen LogP contribution in [0, 0.1) is 0 Å². The Morgan fingerprint density at radius 1 is 1.31 bits per heavy atom. The van der Waals surface area contributed by atoms with Crippen LogP contribution in [0.5, 0.6) is 0 Å². The summed E-state index contributed by atoms with van der Waals surface area (Å²) in [5, 5.41) is 10.0. The Morgan fingerprint density at radius 2 is 1.85 bits per heavy atom. The number of rotatable bonds is 6. The fourth-order valence-corrected chi connectivity index (χ4v) is 1.56. The van der Waals surface area contributed by atoms with Gasteiger partial charge in [-0.05, 0) is 33.9 Å². The maximum absolute atomic E-state index is 10.0. The first-order valence-electron chi connectivity index (χ1n) is 5.34. The van der Waals surface area contributed by atoms with Crippen LogP contribution in [0.1, 0.15) is 46.5 Å². The van der Waals surface area contributed by atoms with Gasteiger partial charge in [-0.25, -0.2) is 0 Å². The molecule has 0 rings (SSSR count). The highest BCUT2D eigenvalue weighted by Crippen LogP contribution is 2.24. The minimum absolute atomic E-state index is 0.0603. The number of hydrogen-bond acceptors (Lipinski definition) is 2. The quantitative estimate of drug-likeness (QED) is 0.689. The lowest BCUT2D eigenvalue weighted by Gasteiger charge is -2.40. The molecule has 2 unspecified atom stereocenters. The Hall–Kier alpha value is -0.0800. The Labute approximate surface area is 82.9 Å². The van der Waals surface area contributed by atoms with Crippen molar-refractivity contribution in [2.45, 2.75) is 58.1 Å². The van der Waals surface area contributed by atoms with Gasteiger partial charge in [0.15, 0.2) is 0 Å². The molecule has 2 heteroatoms. The summed E-state index contributed by atoms with van der Waals surface area (Å²) < 4.78 is 0. The van der Waals surface area contributed by atoms with Crippen molar-refractivity contribution >= 4 is 0 Å². The molecule has 0 aromatic rings. The lowest BCUT2D eigenvalue weighted by Crippen LogP contribution is -2.50. The molecule has 0 bridgehead atoms. The molecule has 2 nitrogen and oxygen atoms in total. The van der Waals surface area contributed by atoms with E-state index in [-0.39, 0.29) is 11.6 Å². The van der Waals surface area contributed by atoms with Gasteiger partial charge < -0.3 is 10.0 Å². The molecule has 0 aliphatic heterocycles. The molecule has 1 N–H and O–H groups in total. The second-order valence-corrected chi connectivity index (χ2v) is 4.26. The minimum Gasteiger partial charge on any atom is -0.391 e. The molecule has 0 fully saturated rings. The molecule has 0 saturated carbocycles. The summed E-state index contributed by atoms with van der Waals surface area (Å²) >= 11 is 0. The van der Waals surface area contributed by atoms with Crippen LogP contribution in [0.3, 0.4) is 0 Å². The molecule has 0 aliphatic rings. The van der Waals surface area contributed by atoms with Crippen molar-refractivity contribution in [2.75, 3.05) is 14.1 Å². The first-order chi connectivity index (χ1) is 5.99. The van der Waals surface area contributed by atoms with Gasteiger partial charge in [-0.2, -0.15) is 0 Å². The number of aliphatic hydroxyl groups excluding tert-OH is 1. The maximum Gasteiger partial charge on any atom is 0.0720 e. The van der Waals surface area contributed by atoms with Crippen LogP contribution in [-0.4, -0.2) is 35.7 Å². The van der Waals surface area contributed by atoms with Crippen LogP contribution >= 0.6 is 0 Å². The molecular formula is C11H25NO. The first-order valence-corrected chi connectivity index (χ1v) is 5.34. The fourth-order valence-electron chi connectivity index (χ4n) is 1.56. The van der Waals surface area contributed by atoms with Crippen molar-refractivity contribution in [1.29, 1.82) is 0 Å². The summed E-state index contributed by atoms with van der Waals surface area (Å²) in [4.78, 5) is 2.13. The molecular weight excluding hydrogens is 162 g/mol. The van der Waals surface area contributed by atoms with E-state index in [9.17, 15) is 5.11 Å². The van der Waals surface area contributed by atoms with Crippen LogP contribution in [0.15, 0.2) is 0 Å². The number of likely N-dealkylation sites (N-methyl/N-ethyl adjacent to an activating group) is 1. The largest absolute Gasteiger partial charge is 0.391 e.